The second kappa shape index (κ2) is 10.7. The first-order chi connectivity index (χ1) is 17.5. The highest BCUT2D eigenvalue weighted by molar-refractivity contribution is 5.40. The highest BCUT2D eigenvalue weighted by Gasteiger charge is 2.46. The molecule has 3 unspecified atom stereocenters. The van der Waals surface area contributed by atoms with Crippen LogP contribution in [-0.2, 0) is 12.1 Å². The molecule has 3 aromatic carbocycles. The van der Waals surface area contributed by atoms with Crippen LogP contribution in [0.5, 0.6) is 5.75 Å². The van der Waals surface area contributed by atoms with Crippen LogP contribution in [0.2, 0.25) is 0 Å². The number of aliphatic hydroxyl groups excluding tert-OH is 1. The number of hydrogen-bond donors (Lipinski definition) is 3. The van der Waals surface area contributed by atoms with E-state index < -0.39 is 5.60 Å². The fourth-order valence-electron chi connectivity index (χ4n) is 6.27. The molecule has 3 N–H and O–H groups in total. The Labute approximate surface area is 214 Å². The van der Waals surface area contributed by atoms with Gasteiger partial charge in [0.25, 0.3) is 0 Å². The van der Waals surface area contributed by atoms with E-state index in [9.17, 15) is 10.2 Å². The molecule has 3 saturated heterocycles. The summed E-state index contributed by atoms with van der Waals surface area (Å²) in [5.41, 5.74) is 3.11. The van der Waals surface area contributed by atoms with Crippen molar-refractivity contribution < 1.29 is 14.9 Å². The molecule has 6 rings (SSSR count). The van der Waals surface area contributed by atoms with Crippen molar-refractivity contribution >= 4 is 0 Å². The fourth-order valence-corrected chi connectivity index (χ4v) is 6.27. The van der Waals surface area contributed by atoms with E-state index in [1.165, 1.54) is 24.0 Å². The van der Waals surface area contributed by atoms with Crippen molar-refractivity contribution in [1.29, 1.82) is 0 Å². The minimum atomic E-state index is -1.29. The third-order valence-corrected chi connectivity index (χ3v) is 8.27. The molecule has 3 aromatic rings. The van der Waals surface area contributed by atoms with Crippen LogP contribution in [0.1, 0.15) is 47.9 Å². The number of ether oxygens (including phenoxy) is 1. The van der Waals surface area contributed by atoms with Crippen molar-refractivity contribution in [3.63, 3.8) is 0 Å². The van der Waals surface area contributed by atoms with E-state index in [2.05, 4.69) is 70.9 Å². The van der Waals surface area contributed by atoms with Gasteiger partial charge in [0.05, 0.1) is 13.7 Å². The van der Waals surface area contributed by atoms with E-state index in [1.807, 2.05) is 18.2 Å². The molecule has 5 heteroatoms. The second-order valence-corrected chi connectivity index (χ2v) is 10.5. The summed E-state index contributed by atoms with van der Waals surface area (Å²) in [6.07, 6.45) is 2.42. The van der Waals surface area contributed by atoms with Gasteiger partial charge in [0.1, 0.15) is 11.4 Å². The molecule has 3 aliphatic rings. The first-order valence-corrected chi connectivity index (χ1v) is 13.1. The molecule has 5 nitrogen and oxygen atoms in total. The van der Waals surface area contributed by atoms with E-state index in [-0.39, 0.29) is 12.5 Å². The Morgan fingerprint density at radius 3 is 2.14 bits per heavy atom. The van der Waals surface area contributed by atoms with Crippen LogP contribution in [0.3, 0.4) is 0 Å². The zero-order chi connectivity index (χ0) is 25.1. The average molecular weight is 487 g/mol. The number of fused-ring (bicyclic) bond motifs is 3. The second-order valence-electron chi connectivity index (χ2n) is 10.5. The Balaban J connectivity index is 1.48. The van der Waals surface area contributed by atoms with Crippen molar-refractivity contribution in [3.8, 4) is 5.75 Å². The zero-order valence-electron chi connectivity index (χ0n) is 21.3. The molecule has 3 fully saturated rings. The number of aliphatic hydroxyl groups is 2. The smallest absolute Gasteiger partial charge is 0.123 e. The van der Waals surface area contributed by atoms with Crippen LogP contribution >= 0.6 is 0 Å². The summed E-state index contributed by atoms with van der Waals surface area (Å²) in [7, 11) is 1.68. The summed E-state index contributed by atoms with van der Waals surface area (Å²) in [4.78, 5) is 2.69. The number of nitrogens with zero attached hydrogens (tertiary/aromatic N) is 1. The number of rotatable bonds is 9. The normalized spacial score (nSPS) is 25.0. The van der Waals surface area contributed by atoms with Crippen LogP contribution in [0.25, 0.3) is 0 Å². The van der Waals surface area contributed by atoms with Crippen molar-refractivity contribution in [2.75, 3.05) is 26.8 Å². The van der Waals surface area contributed by atoms with Gasteiger partial charge in [-0.25, -0.2) is 0 Å². The zero-order valence-corrected chi connectivity index (χ0v) is 21.3. The Morgan fingerprint density at radius 1 is 0.972 bits per heavy atom. The monoisotopic (exact) mass is 486 g/mol. The maximum absolute atomic E-state index is 10.6. The number of benzene rings is 3. The maximum Gasteiger partial charge on any atom is 0.123 e. The van der Waals surface area contributed by atoms with E-state index in [4.69, 9.17) is 4.74 Å². The van der Waals surface area contributed by atoms with Gasteiger partial charge < -0.3 is 20.3 Å². The van der Waals surface area contributed by atoms with E-state index in [0.717, 1.165) is 24.4 Å². The summed E-state index contributed by atoms with van der Waals surface area (Å²) in [6.45, 7) is 4.23. The lowest BCUT2D eigenvalue weighted by molar-refractivity contribution is -0.00254. The molecule has 2 bridgehead atoms. The third kappa shape index (κ3) is 4.94. The molecule has 3 aliphatic heterocycles. The Kier molecular flexibility index (Phi) is 7.44. The number of piperidine rings is 3. The molecule has 0 spiro atoms. The molecule has 3 atom stereocenters. The molecule has 0 aliphatic carbocycles. The maximum atomic E-state index is 10.6. The largest absolute Gasteiger partial charge is 0.496 e. The molecule has 0 radical (unpaired) electrons. The quantitative estimate of drug-likeness (QED) is 0.421. The van der Waals surface area contributed by atoms with Crippen molar-refractivity contribution in [3.05, 3.63) is 101 Å². The minimum Gasteiger partial charge on any atom is -0.496 e. The van der Waals surface area contributed by atoms with Gasteiger partial charge >= 0.3 is 0 Å². The van der Waals surface area contributed by atoms with Gasteiger partial charge in [-0.1, -0.05) is 66.7 Å². The van der Waals surface area contributed by atoms with Crippen molar-refractivity contribution in [2.24, 2.45) is 5.92 Å². The van der Waals surface area contributed by atoms with Gasteiger partial charge in [0.15, 0.2) is 0 Å². The summed E-state index contributed by atoms with van der Waals surface area (Å²) < 4.78 is 5.67. The summed E-state index contributed by atoms with van der Waals surface area (Å²) in [5.74, 6) is 1.68. The highest BCUT2D eigenvalue weighted by atomic mass is 16.5. The van der Waals surface area contributed by atoms with Gasteiger partial charge in [0, 0.05) is 30.1 Å². The molecular weight excluding hydrogens is 448 g/mol. The summed E-state index contributed by atoms with van der Waals surface area (Å²) >= 11 is 0. The van der Waals surface area contributed by atoms with Gasteiger partial charge in [-0.05, 0) is 67.6 Å². The molecular formula is C31H38N2O3. The average Bonchev–Trinajstić information content (AvgIpc) is 2.94. The lowest BCUT2D eigenvalue weighted by Gasteiger charge is -2.54. The van der Waals surface area contributed by atoms with Crippen LogP contribution in [0.4, 0.5) is 0 Å². The number of methoxy groups -OCH3 is 1. The first-order valence-electron chi connectivity index (χ1n) is 13.1. The molecule has 0 aromatic heterocycles. The topological polar surface area (TPSA) is 65.0 Å². The van der Waals surface area contributed by atoms with Crippen LogP contribution in [-0.4, -0.2) is 54.0 Å². The van der Waals surface area contributed by atoms with E-state index in [1.54, 1.807) is 14.0 Å². The molecule has 0 amide bonds. The first kappa shape index (κ1) is 25.0. The molecule has 36 heavy (non-hydrogen) atoms. The van der Waals surface area contributed by atoms with Crippen LogP contribution in [0.15, 0.2) is 78.9 Å². The Bertz CT molecular complexity index is 1090. The van der Waals surface area contributed by atoms with Crippen LogP contribution in [0, 0.1) is 5.92 Å². The van der Waals surface area contributed by atoms with Gasteiger partial charge in [-0.15, -0.1) is 0 Å². The minimum absolute atomic E-state index is 0.274. The molecule has 190 valence electrons. The summed E-state index contributed by atoms with van der Waals surface area (Å²) in [6, 6.07) is 28.2. The Hall–Kier alpha value is -2.70. The SMILES string of the molecule is COc1ccc(C(C)(O)CO)cc1CNC1C2CCN(CC2)C1C(c1ccccc1)c1ccccc1. The Morgan fingerprint density at radius 2 is 1.58 bits per heavy atom. The highest BCUT2D eigenvalue weighted by Crippen LogP contribution is 2.42. The van der Waals surface area contributed by atoms with Crippen molar-refractivity contribution in [1.82, 2.24) is 10.2 Å². The van der Waals surface area contributed by atoms with E-state index in [0.29, 0.717) is 30.1 Å². The lowest BCUT2D eigenvalue weighted by atomic mass is 9.70. The third-order valence-electron chi connectivity index (χ3n) is 8.27. The van der Waals surface area contributed by atoms with E-state index >= 15 is 0 Å². The molecule has 3 heterocycles. The number of nitrogens with one attached hydrogen (secondary N) is 1. The van der Waals surface area contributed by atoms with Crippen LogP contribution < -0.4 is 10.1 Å². The molecule has 0 saturated carbocycles. The standard InChI is InChI=1S/C31H38N2O3/c1-31(35,21-34)26-13-14-27(36-2)25(19-26)20-32-29-24-15-17-33(18-16-24)30(29)28(22-9-5-3-6-10-22)23-11-7-4-8-12-23/h3-14,19,24,28-30,32,34-35H,15-18,20-21H2,1-2H3. The lowest BCUT2D eigenvalue weighted by Crippen LogP contribution is -2.64. The van der Waals surface area contributed by atoms with Gasteiger partial charge in [0.2, 0.25) is 0 Å². The predicted molar refractivity (Wildman–Crippen MR) is 143 cm³/mol. The van der Waals surface area contributed by atoms with Gasteiger partial charge in [-0.3, -0.25) is 4.90 Å². The predicted octanol–water partition coefficient (Wildman–Crippen LogP) is 4.28. The summed E-state index contributed by atoms with van der Waals surface area (Å²) in [5, 5.41) is 24.3. The van der Waals surface area contributed by atoms with Crippen molar-refractivity contribution in [2.45, 2.75) is 49.9 Å². The fraction of sp³-hybridized carbons (Fsp3) is 0.419. The van der Waals surface area contributed by atoms with Gasteiger partial charge in [-0.2, -0.15) is 0 Å². The number of hydrogen-bond acceptors (Lipinski definition) is 5.